The Kier molecular flexibility index (Phi) is 4.08. The van der Waals surface area contributed by atoms with Crippen molar-refractivity contribution in [1.82, 2.24) is 6.64 Å². The number of amides is 2. The minimum absolute atomic E-state index is 0.0961. The third-order valence-corrected chi connectivity index (χ3v) is 1.26. The van der Waals surface area contributed by atoms with E-state index in [2.05, 4.69) is 3.53 Å². The van der Waals surface area contributed by atoms with E-state index in [0.717, 1.165) is 0 Å². The van der Waals surface area contributed by atoms with Gasteiger partial charge in [-0.2, -0.15) is 0 Å². The minimum Gasteiger partial charge on any atom is -0.280 e. The van der Waals surface area contributed by atoms with Crippen LogP contribution >= 0.6 is 45.7 Å². The zero-order chi connectivity index (χ0) is 5.86. The van der Waals surface area contributed by atoms with E-state index in [0.29, 0.717) is 0 Å². The van der Waals surface area contributed by atoms with Gasteiger partial charge in [0.15, 0.2) is 0 Å². The topological polar surface area (TPSA) is 32.3 Å². The molecule has 1 N–H and O–H groups in total. The number of hydrogen-bond acceptors (Lipinski definition) is 1. The summed E-state index contributed by atoms with van der Waals surface area (Å²) in [5.74, 6) is 0. The van der Waals surface area contributed by atoms with E-state index in [-0.39, 0.29) is 6.03 Å². The Morgan fingerprint density at radius 3 is 2.29 bits per heavy atom. The second-order valence-corrected chi connectivity index (χ2v) is 2.86. The number of urea groups is 1. The first-order valence-corrected chi connectivity index (χ1v) is 3.53. The van der Waals surface area contributed by atoms with E-state index in [1.165, 1.54) is 3.11 Å². The summed E-state index contributed by atoms with van der Waals surface area (Å²) in [5.41, 5.74) is 0. The number of carbonyl (C=O) groups excluding carboxylic acids is 1. The molecule has 7 heavy (non-hydrogen) atoms. The summed E-state index contributed by atoms with van der Waals surface area (Å²) in [6.45, 7) is 0. The summed E-state index contributed by atoms with van der Waals surface area (Å²) < 4.78 is 3.85. The zero-order valence-electron chi connectivity index (χ0n) is 3.61. The Balaban J connectivity index is 3.35. The van der Waals surface area contributed by atoms with Crippen LogP contribution in [0.2, 0.25) is 0 Å². The van der Waals surface area contributed by atoms with E-state index in [1.54, 1.807) is 29.9 Å². The van der Waals surface area contributed by atoms with Crippen LogP contribution in [0.15, 0.2) is 0 Å². The highest BCUT2D eigenvalue weighted by molar-refractivity contribution is 14.1. The first-order valence-electron chi connectivity index (χ1n) is 1.48. The molecule has 0 spiro atoms. The van der Waals surface area contributed by atoms with Crippen LogP contribution in [-0.2, 0) is 0 Å². The maximum atomic E-state index is 10.3. The van der Waals surface area contributed by atoms with Gasteiger partial charge in [0.05, 0.1) is 45.7 Å². The van der Waals surface area contributed by atoms with Crippen molar-refractivity contribution < 1.29 is 4.79 Å². The number of carbonyl (C=O) groups is 1. The summed E-state index contributed by atoms with van der Waals surface area (Å²) in [5, 5.41) is 0. The quantitative estimate of drug-likeness (QED) is 0.529. The fourth-order valence-corrected chi connectivity index (χ4v) is 1.00. The highest BCUT2D eigenvalue weighted by Gasteiger charge is 1.97. The molecule has 0 bridgehead atoms. The van der Waals surface area contributed by atoms with Gasteiger partial charge in [0.2, 0.25) is 0 Å². The van der Waals surface area contributed by atoms with Crippen LogP contribution in [0.1, 0.15) is 0 Å². The fraction of sp³-hybridized carbons (Fsp3) is 0.500. The Hall–Kier alpha value is 0.730. The van der Waals surface area contributed by atoms with E-state index in [4.69, 9.17) is 0 Å². The summed E-state index contributed by atoms with van der Waals surface area (Å²) in [6, 6.07) is -0.0961. The predicted octanol–water partition coefficient (Wildman–Crippen LogP) is 1.33. The van der Waals surface area contributed by atoms with Gasteiger partial charge in [-0.1, -0.05) is 0 Å². The molecule has 0 unspecified atom stereocenters. The molecule has 0 fully saturated rings. The van der Waals surface area contributed by atoms with Crippen molar-refractivity contribution in [2.24, 2.45) is 0 Å². The lowest BCUT2D eigenvalue weighted by atomic mass is 11.0. The normalized spacial score (nSPS) is 7.86. The highest BCUT2D eigenvalue weighted by atomic mass is 127. The van der Waals surface area contributed by atoms with E-state index >= 15 is 0 Å². The van der Waals surface area contributed by atoms with Crippen LogP contribution in [0.5, 0.6) is 0 Å². The zero-order valence-corrected chi connectivity index (χ0v) is 7.93. The van der Waals surface area contributed by atoms with E-state index in [9.17, 15) is 4.79 Å². The second kappa shape index (κ2) is 3.70. The lowest BCUT2D eigenvalue weighted by molar-refractivity contribution is 0.240. The highest BCUT2D eigenvalue weighted by Crippen LogP contribution is 1.92. The summed E-state index contributed by atoms with van der Waals surface area (Å²) in [6.07, 6.45) is 0. The predicted molar refractivity (Wildman–Crippen MR) is 44.3 cm³/mol. The molecule has 0 aliphatic heterocycles. The smallest absolute Gasteiger partial charge is 0.280 e. The van der Waals surface area contributed by atoms with Crippen LogP contribution in [0.3, 0.4) is 0 Å². The molecule has 5 heteroatoms. The third-order valence-electron chi connectivity index (χ3n) is 0.361. The average Bonchev–Trinajstić information content (AvgIpc) is 1.65. The van der Waals surface area contributed by atoms with Crippen molar-refractivity contribution in [3.8, 4) is 0 Å². The molecule has 0 saturated carbocycles. The van der Waals surface area contributed by atoms with Gasteiger partial charge in [0.1, 0.15) is 0 Å². The van der Waals surface area contributed by atoms with Crippen molar-refractivity contribution in [3.63, 3.8) is 0 Å². The molecule has 3 nitrogen and oxygen atoms in total. The Morgan fingerprint density at radius 2 is 2.29 bits per heavy atom. The van der Waals surface area contributed by atoms with E-state index in [1.807, 2.05) is 22.9 Å². The minimum atomic E-state index is -0.0961. The van der Waals surface area contributed by atoms with Gasteiger partial charge in [0.25, 0.3) is 0 Å². The molecule has 2 amide bonds. The molecule has 0 aromatic carbocycles. The Bertz CT molecular complexity index is 74.1. The van der Waals surface area contributed by atoms with Crippen LogP contribution in [-0.4, -0.2) is 16.2 Å². The fourth-order valence-electron chi connectivity index (χ4n) is 0.0582. The van der Waals surface area contributed by atoms with Crippen LogP contribution in [0.4, 0.5) is 4.79 Å². The number of hydrogen-bond donors (Lipinski definition) is 1. The Morgan fingerprint density at radius 1 is 1.86 bits per heavy atom. The summed E-state index contributed by atoms with van der Waals surface area (Å²) >= 11 is 3.67. The molecule has 0 atom stereocenters. The van der Waals surface area contributed by atoms with Crippen molar-refractivity contribution in [2.45, 2.75) is 0 Å². The van der Waals surface area contributed by atoms with Gasteiger partial charge in [0, 0.05) is 7.05 Å². The molecule has 0 radical (unpaired) electrons. The number of nitrogens with one attached hydrogen (secondary N) is 1. The van der Waals surface area contributed by atoms with Crippen LogP contribution < -0.4 is 3.53 Å². The van der Waals surface area contributed by atoms with Gasteiger partial charge >= 0.3 is 6.03 Å². The molecule has 0 aromatic heterocycles. The first kappa shape index (κ1) is 7.73. The molecule has 0 aromatic rings. The lowest BCUT2D eigenvalue weighted by Gasteiger charge is -2.02. The average molecular weight is 326 g/mol. The van der Waals surface area contributed by atoms with Crippen molar-refractivity contribution in [1.29, 1.82) is 0 Å². The monoisotopic (exact) mass is 326 g/mol. The van der Waals surface area contributed by atoms with Crippen molar-refractivity contribution in [3.05, 3.63) is 0 Å². The summed E-state index contributed by atoms with van der Waals surface area (Å²) in [7, 11) is 1.68. The van der Waals surface area contributed by atoms with Crippen LogP contribution in [0.25, 0.3) is 0 Å². The lowest BCUT2D eigenvalue weighted by Crippen LogP contribution is -2.22. The number of rotatable bonds is 0. The first-order chi connectivity index (χ1) is 3.18. The summed E-state index contributed by atoms with van der Waals surface area (Å²) in [4.78, 5) is 10.3. The molecule has 0 aliphatic rings. The molecule has 0 aliphatic carbocycles. The van der Waals surface area contributed by atoms with Gasteiger partial charge < -0.3 is 0 Å². The maximum Gasteiger partial charge on any atom is 0.334 e. The van der Waals surface area contributed by atoms with Crippen molar-refractivity contribution >= 4 is 51.8 Å². The van der Waals surface area contributed by atoms with Gasteiger partial charge in [-0.05, 0) is 0 Å². The SMILES string of the molecule is CN(I)C(=O)NI. The molecule has 0 rings (SSSR count). The third kappa shape index (κ3) is 3.32. The van der Waals surface area contributed by atoms with Gasteiger partial charge in [-0.25, -0.2) is 4.79 Å². The molecular formula is C2H4I2N2O. The molecule has 0 saturated heterocycles. The molecule has 42 valence electrons. The maximum absolute atomic E-state index is 10.3. The standard InChI is InChI=1S/C2H4I2N2O/c1-6(4)2(7)5-3/h1H3,(H,5,7). The van der Waals surface area contributed by atoms with Crippen molar-refractivity contribution in [2.75, 3.05) is 7.05 Å². The van der Waals surface area contributed by atoms with Gasteiger partial charge in [-0.15, -0.1) is 0 Å². The molecular weight excluding hydrogens is 322 g/mol. The number of halogens is 2. The Labute approximate surface area is 69.8 Å². The van der Waals surface area contributed by atoms with E-state index < -0.39 is 0 Å². The van der Waals surface area contributed by atoms with Gasteiger partial charge in [-0.3, -0.25) is 6.64 Å². The second-order valence-electron chi connectivity index (χ2n) is 0.877. The molecule has 0 heterocycles. The number of nitrogens with zero attached hydrogens (tertiary/aromatic N) is 1. The van der Waals surface area contributed by atoms with Crippen LogP contribution in [0, 0.1) is 0 Å². The largest absolute Gasteiger partial charge is 0.334 e.